The van der Waals surface area contributed by atoms with Crippen LogP contribution in [-0.2, 0) is 37.5 Å². The van der Waals surface area contributed by atoms with Crippen LogP contribution in [0.1, 0.15) is 71.1 Å². The summed E-state index contributed by atoms with van der Waals surface area (Å²) in [6.07, 6.45) is 13.3. The molecule has 2 fully saturated rings. The third-order valence-electron chi connectivity index (χ3n) is 4.50. The molecule has 2 heteroatoms. The van der Waals surface area contributed by atoms with E-state index in [0.29, 0.717) is 17.6 Å². The molecule has 0 atom stereocenters. The van der Waals surface area contributed by atoms with Gasteiger partial charge in [0.1, 0.15) is 0 Å². The van der Waals surface area contributed by atoms with Gasteiger partial charge in [-0.2, -0.15) is 0 Å². The molecular weight excluding hydrogens is 285 g/mol. The van der Waals surface area contributed by atoms with Crippen molar-refractivity contribution in [3.05, 3.63) is 5.92 Å². The van der Waals surface area contributed by atoms with Crippen molar-refractivity contribution in [1.29, 1.82) is 0 Å². The van der Waals surface area contributed by atoms with Gasteiger partial charge < -0.3 is 10.7 Å². The average molecular weight is 310 g/mol. The van der Waals surface area contributed by atoms with Gasteiger partial charge >= 0.3 is 32.7 Å². The molecule has 2 rings (SSSR count). The topological polar surface area (TPSA) is 17.1 Å². The number of hydrogen-bond acceptors (Lipinski definition) is 1. The van der Waals surface area contributed by atoms with E-state index in [1.165, 1.54) is 70.1 Å². The van der Waals surface area contributed by atoms with Crippen molar-refractivity contribution in [2.24, 2.45) is 11.8 Å². The molecule has 92 valence electrons. The van der Waals surface area contributed by atoms with E-state index in [2.05, 4.69) is 0 Å². The fourth-order valence-electron chi connectivity index (χ4n) is 3.74. The fraction of sp³-hybridized carbons (Fsp3) is 0.867. The zero-order valence-electron chi connectivity index (χ0n) is 11.2. The minimum atomic E-state index is 0. The Kier molecular flexibility index (Phi) is 7.34. The average Bonchev–Trinajstić information content (AvgIpc) is 2.31. The summed E-state index contributed by atoms with van der Waals surface area (Å²) in [6, 6.07) is 0. The Morgan fingerprint density at radius 2 is 1.18 bits per heavy atom. The molecule has 0 aromatic carbocycles. The first-order valence-electron chi connectivity index (χ1n) is 7.16. The van der Waals surface area contributed by atoms with Crippen molar-refractivity contribution in [3.8, 4) is 0 Å². The van der Waals surface area contributed by atoms with Gasteiger partial charge in [-0.15, -0.1) is 11.8 Å². The summed E-state index contributed by atoms with van der Waals surface area (Å²) in [7, 11) is 0. The maximum Gasteiger partial charge on any atom is 3.00 e. The van der Waals surface area contributed by atoms with Gasteiger partial charge in [-0.1, -0.05) is 64.2 Å². The van der Waals surface area contributed by atoms with Crippen molar-refractivity contribution < 1.29 is 37.5 Å². The van der Waals surface area contributed by atoms with Crippen LogP contribution >= 0.6 is 0 Å². The minimum absolute atomic E-state index is 0. The molecule has 0 saturated heterocycles. The predicted octanol–water partition coefficient (Wildman–Crippen LogP) is 4.31. The molecule has 2 aliphatic rings. The van der Waals surface area contributed by atoms with Crippen molar-refractivity contribution >= 4 is 5.78 Å². The van der Waals surface area contributed by atoms with Crippen molar-refractivity contribution in [2.45, 2.75) is 71.1 Å². The van der Waals surface area contributed by atoms with Crippen LogP contribution in [0, 0.1) is 17.8 Å². The molecule has 0 spiro atoms. The monoisotopic (exact) mass is 310 g/mol. The van der Waals surface area contributed by atoms with Crippen molar-refractivity contribution in [1.82, 2.24) is 0 Å². The Morgan fingerprint density at radius 3 is 1.47 bits per heavy atom. The normalized spacial score (nSPS) is 22.9. The molecule has 2 saturated carbocycles. The molecule has 0 bridgehead atoms. The number of carbonyl (C=O) groups excluding carboxylic acids is 1. The smallest absolute Gasteiger partial charge is 0.334 e. The van der Waals surface area contributed by atoms with Crippen LogP contribution in [0.3, 0.4) is 0 Å². The quantitative estimate of drug-likeness (QED) is 0.710. The van der Waals surface area contributed by atoms with E-state index >= 15 is 0 Å². The summed E-state index contributed by atoms with van der Waals surface area (Å²) in [4.78, 5) is 11.9. The van der Waals surface area contributed by atoms with Crippen LogP contribution < -0.4 is 0 Å². The third kappa shape index (κ3) is 4.35. The van der Waals surface area contributed by atoms with Gasteiger partial charge in [-0.05, 0) is 12.7 Å². The van der Waals surface area contributed by atoms with Gasteiger partial charge in [0.15, 0.2) is 0 Å². The Labute approximate surface area is 131 Å². The van der Waals surface area contributed by atoms with Gasteiger partial charge in [-0.3, -0.25) is 0 Å². The maximum absolute atomic E-state index is 11.9. The minimum Gasteiger partial charge on any atom is -0.334 e. The molecule has 0 heterocycles. The van der Waals surface area contributed by atoms with E-state index in [1.54, 1.807) is 6.92 Å². The molecule has 0 unspecified atom stereocenters. The first kappa shape index (κ1) is 15.7. The number of hydrogen-bond donors (Lipinski definition) is 0. The van der Waals surface area contributed by atoms with Crippen LogP contribution in [0.5, 0.6) is 0 Å². The Balaban J connectivity index is 0.00000144. The Bertz CT molecular complexity index is 209. The van der Waals surface area contributed by atoms with E-state index in [0.717, 1.165) is 0 Å². The molecule has 0 radical (unpaired) electrons. The van der Waals surface area contributed by atoms with Gasteiger partial charge in [0.2, 0.25) is 0 Å². The molecule has 0 N–H and O–H groups in total. The van der Waals surface area contributed by atoms with E-state index in [-0.39, 0.29) is 32.7 Å². The van der Waals surface area contributed by atoms with Gasteiger partial charge in [0, 0.05) is 0 Å². The Hall–Kier alpha value is 0.644. The fourth-order valence-corrected chi connectivity index (χ4v) is 3.74. The van der Waals surface area contributed by atoms with E-state index < -0.39 is 0 Å². The van der Waals surface area contributed by atoms with Crippen LogP contribution in [0.25, 0.3) is 0 Å². The first-order chi connectivity index (χ1) is 7.79. The van der Waals surface area contributed by atoms with Crippen molar-refractivity contribution in [3.63, 3.8) is 0 Å². The molecular formula is C15H25OY+2. The van der Waals surface area contributed by atoms with E-state index in [4.69, 9.17) is 0 Å². The van der Waals surface area contributed by atoms with Gasteiger partial charge in [0.25, 0.3) is 0 Å². The summed E-state index contributed by atoms with van der Waals surface area (Å²) in [5.41, 5.74) is 0. The van der Waals surface area contributed by atoms with Gasteiger partial charge in [-0.25, -0.2) is 0 Å². The van der Waals surface area contributed by atoms with E-state index in [9.17, 15) is 4.79 Å². The van der Waals surface area contributed by atoms with E-state index in [1.807, 2.05) is 0 Å². The molecule has 0 amide bonds. The first-order valence-corrected chi connectivity index (χ1v) is 7.16. The van der Waals surface area contributed by atoms with Crippen LogP contribution in [0.2, 0.25) is 0 Å². The van der Waals surface area contributed by atoms with Crippen LogP contribution in [-0.4, -0.2) is 5.78 Å². The second-order valence-corrected chi connectivity index (χ2v) is 5.68. The second kappa shape index (κ2) is 7.94. The summed E-state index contributed by atoms with van der Waals surface area (Å²) in [5, 5.41) is 0. The number of carbonyl (C=O) groups is 1. The van der Waals surface area contributed by atoms with Crippen LogP contribution in [0.4, 0.5) is 0 Å². The standard InChI is InChI=1S/C15H25O.Y/c1-12(16)15(13-8-4-2-5-9-13)14-10-6-3-7-11-14;/h13-14H,2-11H2,1H3;/q-1;+3. The van der Waals surface area contributed by atoms with Crippen molar-refractivity contribution in [2.75, 3.05) is 0 Å². The number of ketones is 1. The molecule has 0 aromatic heterocycles. The Morgan fingerprint density at radius 1 is 0.824 bits per heavy atom. The maximum atomic E-state index is 11.9. The summed E-state index contributed by atoms with van der Waals surface area (Å²) in [6.45, 7) is 1.80. The third-order valence-corrected chi connectivity index (χ3v) is 4.50. The SMILES string of the molecule is CC(=O)[C-](C1CCCCC1)C1CCCCC1.[Y+3]. The predicted molar refractivity (Wildman–Crippen MR) is 67.1 cm³/mol. The molecule has 17 heavy (non-hydrogen) atoms. The van der Waals surface area contributed by atoms with Crippen LogP contribution in [0.15, 0.2) is 0 Å². The molecule has 0 aliphatic heterocycles. The molecule has 1 nitrogen and oxygen atoms in total. The second-order valence-electron chi connectivity index (χ2n) is 5.68. The van der Waals surface area contributed by atoms with Gasteiger partial charge in [0.05, 0.1) is 0 Å². The zero-order valence-corrected chi connectivity index (χ0v) is 14.0. The number of Topliss-reactive ketones (excluding diaryl/α,β-unsaturated/α-hetero) is 1. The summed E-state index contributed by atoms with van der Waals surface area (Å²) in [5.74, 6) is 3.03. The summed E-state index contributed by atoms with van der Waals surface area (Å²) >= 11 is 0. The molecule has 0 aromatic rings. The number of rotatable bonds is 3. The zero-order chi connectivity index (χ0) is 11.4. The largest absolute Gasteiger partial charge is 3.00 e. The summed E-state index contributed by atoms with van der Waals surface area (Å²) < 4.78 is 0. The molecule has 2 aliphatic carbocycles.